The van der Waals surface area contributed by atoms with Crippen molar-refractivity contribution in [2.45, 2.75) is 18.2 Å². The van der Waals surface area contributed by atoms with Crippen LogP contribution in [0.3, 0.4) is 0 Å². The topological polar surface area (TPSA) is 111 Å². The van der Waals surface area contributed by atoms with Crippen molar-refractivity contribution in [2.24, 2.45) is 0 Å². The first-order valence-electron chi connectivity index (χ1n) is 9.63. The Labute approximate surface area is 201 Å². The van der Waals surface area contributed by atoms with Gasteiger partial charge in [0.05, 0.1) is 6.61 Å². The minimum Gasteiger partial charge on any atom is -0.490 e. The van der Waals surface area contributed by atoms with Gasteiger partial charge in [-0.1, -0.05) is 17.7 Å². The van der Waals surface area contributed by atoms with Gasteiger partial charge in [0.25, 0.3) is 11.8 Å². The van der Waals surface area contributed by atoms with Gasteiger partial charge < -0.3 is 8.92 Å². The summed E-state index contributed by atoms with van der Waals surface area (Å²) in [6.45, 7) is 5.63. The van der Waals surface area contributed by atoms with E-state index in [2.05, 4.69) is 17.2 Å². The molecule has 11 heteroatoms. The van der Waals surface area contributed by atoms with Crippen molar-refractivity contribution in [3.05, 3.63) is 70.8 Å². The standard InChI is InChI=1S/C22H19ClN2O6S2/c1-3-5-14-10-13(11-17-20(26)24-22(32)25-21(17)27)12-18(30-4-2)19(14)31-33(28,29)16-8-6-15(23)7-9-16/h3,6-12H,1,4-5H2,2H3,(H2,24,25,26,27,32). The number of rotatable bonds is 8. The van der Waals surface area contributed by atoms with Crippen molar-refractivity contribution in [1.29, 1.82) is 0 Å². The van der Waals surface area contributed by atoms with Gasteiger partial charge in [-0.25, -0.2) is 0 Å². The van der Waals surface area contributed by atoms with Gasteiger partial charge >= 0.3 is 10.1 Å². The van der Waals surface area contributed by atoms with Gasteiger partial charge in [-0.2, -0.15) is 8.42 Å². The van der Waals surface area contributed by atoms with Crippen molar-refractivity contribution in [3.63, 3.8) is 0 Å². The van der Waals surface area contributed by atoms with E-state index in [1.165, 1.54) is 36.4 Å². The Balaban J connectivity index is 2.09. The number of hydrogen-bond donors (Lipinski definition) is 2. The third-order valence-electron chi connectivity index (χ3n) is 4.37. The molecule has 1 aliphatic heterocycles. The predicted molar refractivity (Wildman–Crippen MR) is 128 cm³/mol. The van der Waals surface area contributed by atoms with Crippen LogP contribution in [-0.2, 0) is 26.1 Å². The molecule has 2 aromatic rings. The summed E-state index contributed by atoms with van der Waals surface area (Å²) in [5.41, 5.74) is 0.671. The van der Waals surface area contributed by atoms with E-state index in [9.17, 15) is 18.0 Å². The second-order valence-electron chi connectivity index (χ2n) is 6.72. The number of ether oxygens (including phenoxy) is 1. The van der Waals surface area contributed by atoms with Crippen LogP contribution in [0.5, 0.6) is 11.5 Å². The molecule has 0 atom stereocenters. The van der Waals surface area contributed by atoms with Crippen LogP contribution < -0.4 is 19.6 Å². The van der Waals surface area contributed by atoms with Crippen LogP contribution in [0.2, 0.25) is 5.02 Å². The molecule has 0 bridgehead atoms. The number of carbonyl (C=O) groups excluding carboxylic acids is 2. The van der Waals surface area contributed by atoms with Crippen LogP contribution in [0, 0.1) is 0 Å². The third kappa shape index (κ3) is 5.78. The lowest BCUT2D eigenvalue weighted by Crippen LogP contribution is -2.51. The van der Waals surface area contributed by atoms with E-state index in [0.29, 0.717) is 16.1 Å². The van der Waals surface area contributed by atoms with Crippen molar-refractivity contribution in [1.82, 2.24) is 10.6 Å². The second kappa shape index (κ2) is 10.2. The van der Waals surface area contributed by atoms with E-state index in [4.69, 9.17) is 32.7 Å². The summed E-state index contributed by atoms with van der Waals surface area (Å²) in [5, 5.41) is 5.01. The molecule has 0 unspecified atom stereocenters. The number of hydrogen-bond acceptors (Lipinski definition) is 7. The fourth-order valence-electron chi connectivity index (χ4n) is 2.96. The quantitative estimate of drug-likeness (QED) is 0.186. The third-order valence-corrected chi connectivity index (χ3v) is 6.06. The molecule has 1 saturated heterocycles. The minimum atomic E-state index is -4.21. The van der Waals surface area contributed by atoms with Gasteiger partial charge in [-0.3, -0.25) is 20.2 Å². The normalized spacial score (nSPS) is 13.8. The predicted octanol–water partition coefficient (Wildman–Crippen LogP) is 3.15. The molecule has 2 aromatic carbocycles. The van der Waals surface area contributed by atoms with E-state index in [1.807, 2.05) is 0 Å². The van der Waals surface area contributed by atoms with Crippen LogP contribution in [0.15, 0.2) is 59.5 Å². The highest BCUT2D eigenvalue weighted by molar-refractivity contribution is 7.87. The van der Waals surface area contributed by atoms with Gasteiger partial charge in [0, 0.05) is 10.6 Å². The number of allylic oxidation sites excluding steroid dienone is 1. The number of carbonyl (C=O) groups is 2. The molecule has 0 radical (unpaired) electrons. The zero-order chi connectivity index (χ0) is 24.2. The molecule has 0 aliphatic carbocycles. The van der Waals surface area contributed by atoms with E-state index in [-0.39, 0.29) is 40.1 Å². The Hall–Kier alpha value is -3.21. The van der Waals surface area contributed by atoms with Crippen LogP contribution >= 0.6 is 23.8 Å². The molecule has 1 fully saturated rings. The Morgan fingerprint density at radius 1 is 1.12 bits per heavy atom. The first-order valence-corrected chi connectivity index (χ1v) is 11.8. The molecular formula is C22H19ClN2O6S2. The van der Waals surface area contributed by atoms with Crippen LogP contribution in [0.25, 0.3) is 6.08 Å². The molecule has 0 spiro atoms. The van der Waals surface area contributed by atoms with Gasteiger partial charge in [-0.05, 0) is 73.6 Å². The molecule has 0 aromatic heterocycles. The zero-order valence-electron chi connectivity index (χ0n) is 17.4. The van der Waals surface area contributed by atoms with Crippen LogP contribution in [0.1, 0.15) is 18.1 Å². The summed E-state index contributed by atoms with van der Waals surface area (Å²) in [5.74, 6) is -1.21. The summed E-state index contributed by atoms with van der Waals surface area (Å²) in [6.07, 6.45) is 3.13. The van der Waals surface area contributed by atoms with Crippen molar-refractivity contribution in [3.8, 4) is 11.5 Å². The number of halogens is 1. The molecule has 33 heavy (non-hydrogen) atoms. The summed E-state index contributed by atoms with van der Waals surface area (Å²) in [7, 11) is -4.21. The number of amides is 2. The summed E-state index contributed by atoms with van der Waals surface area (Å²) < 4.78 is 36.8. The van der Waals surface area contributed by atoms with Gasteiger partial charge in [-0.15, -0.1) is 6.58 Å². The van der Waals surface area contributed by atoms with Gasteiger partial charge in [0.15, 0.2) is 16.6 Å². The molecule has 172 valence electrons. The Bertz CT molecular complexity index is 1250. The smallest absolute Gasteiger partial charge is 0.339 e. The Morgan fingerprint density at radius 3 is 2.33 bits per heavy atom. The lowest BCUT2D eigenvalue weighted by atomic mass is 10.0. The highest BCUT2D eigenvalue weighted by atomic mass is 35.5. The summed E-state index contributed by atoms with van der Waals surface area (Å²) in [6, 6.07) is 8.59. The Morgan fingerprint density at radius 2 is 1.76 bits per heavy atom. The second-order valence-corrected chi connectivity index (χ2v) is 9.11. The molecule has 1 heterocycles. The number of benzene rings is 2. The van der Waals surface area contributed by atoms with E-state index in [1.54, 1.807) is 19.1 Å². The van der Waals surface area contributed by atoms with Gasteiger partial charge in [0.1, 0.15) is 10.5 Å². The monoisotopic (exact) mass is 506 g/mol. The molecule has 8 nitrogen and oxygen atoms in total. The largest absolute Gasteiger partial charge is 0.490 e. The molecule has 3 rings (SSSR count). The maximum Gasteiger partial charge on any atom is 0.339 e. The molecule has 2 amide bonds. The lowest BCUT2D eigenvalue weighted by Gasteiger charge is -2.18. The molecular weight excluding hydrogens is 488 g/mol. The highest BCUT2D eigenvalue weighted by Crippen LogP contribution is 2.37. The van der Waals surface area contributed by atoms with Crippen LogP contribution in [-0.4, -0.2) is 32.0 Å². The SMILES string of the molecule is C=CCc1cc(C=C2C(=O)NC(=S)NC2=O)cc(OCC)c1OS(=O)(=O)c1ccc(Cl)cc1. The van der Waals surface area contributed by atoms with Crippen molar-refractivity contribution >= 4 is 56.9 Å². The average Bonchev–Trinajstić information content (AvgIpc) is 2.73. The summed E-state index contributed by atoms with van der Waals surface area (Å²) in [4.78, 5) is 24.3. The average molecular weight is 507 g/mol. The van der Waals surface area contributed by atoms with Gasteiger partial charge in [0.2, 0.25) is 0 Å². The van der Waals surface area contributed by atoms with Crippen molar-refractivity contribution in [2.75, 3.05) is 6.61 Å². The molecule has 0 saturated carbocycles. The first kappa shape index (κ1) is 24.4. The van der Waals surface area contributed by atoms with E-state index in [0.717, 1.165) is 0 Å². The Kier molecular flexibility index (Phi) is 7.52. The maximum absolute atomic E-state index is 12.9. The zero-order valence-corrected chi connectivity index (χ0v) is 19.8. The summed E-state index contributed by atoms with van der Waals surface area (Å²) >= 11 is 10.6. The first-order chi connectivity index (χ1) is 15.6. The van der Waals surface area contributed by atoms with E-state index >= 15 is 0 Å². The number of thiocarbonyl (C=S) groups is 1. The van der Waals surface area contributed by atoms with E-state index < -0.39 is 21.9 Å². The molecule has 1 aliphatic rings. The van der Waals surface area contributed by atoms with Crippen LogP contribution in [0.4, 0.5) is 0 Å². The molecule has 2 N–H and O–H groups in total. The minimum absolute atomic E-state index is 0.0208. The maximum atomic E-state index is 12.9. The number of nitrogens with one attached hydrogen (secondary N) is 2. The fourth-order valence-corrected chi connectivity index (χ4v) is 4.25. The lowest BCUT2D eigenvalue weighted by molar-refractivity contribution is -0.123. The fraction of sp³-hybridized carbons (Fsp3) is 0.136. The highest BCUT2D eigenvalue weighted by Gasteiger charge is 2.27. The van der Waals surface area contributed by atoms with Crippen molar-refractivity contribution < 1.29 is 26.9 Å².